The van der Waals surface area contributed by atoms with Crippen LogP contribution in [0.15, 0.2) is 29.2 Å². The maximum Gasteiger partial charge on any atom is 0.268 e. The maximum atomic E-state index is 15.1. The van der Waals surface area contributed by atoms with Gasteiger partial charge in [0.05, 0.1) is 5.69 Å². The number of piperidine rings is 1. The van der Waals surface area contributed by atoms with Gasteiger partial charge in [0.1, 0.15) is 22.3 Å². The van der Waals surface area contributed by atoms with E-state index in [2.05, 4.69) is 16.9 Å². The van der Waals surface area contributed by atoms with E-state index in [0.717, 1.165) is 50.4 Å². The summed E-state index contributed by atoms with van der Waals surface area (Å²) in [4.78, 5) is 6.07. The van der Waals surface area contributed by atoms with E-state index in [9.17, 15) is 17.2 Å². The summed E-state index contributed by atoms with van der Waals surface area (Å²) in [5.74, 6) is -4.11. The highest BCUT2D eigenvalue weighted by atomic mass is 35.5. The number of rotatable bonds is 7. The third-order valence-electron chi connectivity index (χ3n) is 6.58. The van der Waals surface area contributed by atoms with Crippen LogP contribution in [0.4, 0.5) is 24.7 Å². The lowest BCUT2D eigenvalue weighted by atomic mass is 9.83. The van der Waals surface area contributed by atoms with E-state index in [1.807, 2.05) is 4.72 Å². The van der Waals surface area contributed by atoms with Crippen LogP contribution in [0.5, 0.6) is 0 Å². The van der Waals surface area contributed by atoms with Crippen molar-refractivity contribution in [1.29, 1.82) is 0 Å². The Hall–Kier alpha value is -2.08. The predicted octanol–water partition coefficient (Wildman–Crippen LogP) is 4.03. The first-order valence-corrected chi connectivity index (χ1v) is 12.7. The fraction of sp³-hybridized carbons (Fsp3) is 0.500. The highest BCUT2D eigenvalue weighted by Gasteiger charge is 2.47. The molecule has 1 aromatic carbocycles. The first-order valence-electron chi connectivity index (χ1n) is 10.9. The van der Waals surface area contributed by atoms with Crippen LogP contribution < -0.4 is 9.62 Å². The standard InChI is InChI=1S/C22H26ClF3N4O3S/c1-29-9-4-3-6-14(29)11-22(33-2)12-30(13-22)16-10-15(24)21(20(26)19(16)23)34(31,32)28-18-8-5-7-17(25)27-18/h5,7-8,10,14H,3-4,6,9,11-13H2,1-2H3,(H,27,28)/t14-/m1/s1. The molecular weight excluding hydrogens is 493 g/mol. The fourth-order valence-electron chi connectivity index (χ4n) is 4.69. The molecule has 4 rings (SSSR count). The Morgan fingerprint density at radius 2 is 2.00 bits per heavy atom. The van der Waals surface area contributed by atoms with Gasteiger partial charge in [0, 0.05) is 32.3 Å². The number of nitrogens with one attached hydrogen (secondary N) is 1. The van der Waals surface area contributed by atoms with Gasteiger partial charge < -0.3 is 14.5 Å². The van der Waals surface area contributed by atoms with Gasteiger partial charge in [0.2, 0.25) is 5.95 Å². The van der Waals surface area contributed by atoms with Gasteiger partial charge in [-0.3, -0.25) is 4.72 Å². The number of pyridine rings is 1. The molecule has 0 aliphatic carbocycles. The van der Waals surface area contributed by atoms with Gasteiger partial charge in [-0.2, -0.15) is 4.39 Å². The van der Waals surface area contributed by atoms with Crippen LogP contribution >= 0.6 is 11.6 Å². The summed E-state index contributed by atoms with van der Waals surface area (Å²) in [5, 5.41) is -0.520. The normalized spacial score (nSPS) is 20.8. The third kappa shape index (κ3) is 4.84. The number of benzene rings is 1. The second-order valence-corrected chi connectivity index (χ2v) is 10.9. The Balaban J connectivity index is 1.55. The lowest BCUT2D eigenvalue weighted by Gasteiger charge is -2.53. The van der Waals surface area contributed by atoms with Crippen molar-refractivity contribution in [2.24, 2.45) is 0 Å². The van der Waals surface area contributed by atoms with E-state index in [4.69, 9.17) is 16.3 Å². The molecule has 2 saturated heterocycles. The van der Waals surface area contributed by atoms with Gasteiger partial charge in [0.15, 0.2) is 10.7 Å². The molecule has 0 amide bonds. The maximum absolute atomic E-state index is 15.1. The van der Waals surface area contributed by atoms with E-state index in [-0.39, 0.29) is 5.69 Å². The first-order chi connectivity index (χ1) is 16.0. The summed E-state index contributed by atoms with van der Waals surface area (Å²) in [5.41, 5.74) is -0.439. The Bertz CT molecular complexity index is 1180. The van der Waals surface area contributed by atoms with Gasteiger partial charge in [0.25, 0.3) is 10.0 Å². The average molecular weight is 519 g/mol. The number of hydrogen-bond acceptors (Lipinski definition) is 6. The minimum atomic E-state index is -4.76. The van der Waals surface area contributed by atoms with Crippen LogP contribution in [0.3, 0.4) is 0 Å². The molecule has 34 heavy (non-hydrogen) atoms. The molecule has 1 atom stereocenters. The van der Waals surface area contributed by atoms with Crippen LogP contribution in [0.25, 0.3) is 0 Å². The summed E-state index contributed by atoms with van der Waals surface area (Å²) >= 11 is 6.16. The van der Waals surface area contributed by atoms with Gasteiger partial charge >= 0.3 is 0 Å². The van der Waals surface area contributed by atoms with Crippen molar-refractivity contribution < 1.29 is 26.3 Å². The van der Waals surface area contributed by atoms with E-state index in [1.165, 1.54) is 6.07 Å². The lowest BCUT2D eigenvalue weighted by Crippen LogP contribution is -2.65. The molecule has 1 aromatic heterocycles. The highest BCUT2D eigenvalue weighted by Crippen LogP contribution is 2.42. The summed E-state index contributed by atoms with van der Waals surface area (Å²) in [6.45, 7) is 1.75. The van der Waals surface area contributed by atoms with Crippen LogP contribution in [-0.2, 0) is 14.8 Å². The molecule has 0 saturated carbocycles. The van der Waals surface area contributed by atoms with Gasteiger partial charge in [-0.05, 0) is 45.0 Å². The molecule has 12 heteroatoms. The molecule has 3 heterocycles. The van der Waals surface area contributed by atoms with E-state index >= 15 is 4.39 Å². The van der Waals surface area contributed by atoms with Gasteiger partial charge in [-0.15, -0.1) is 0 Å². The molecule has 0 bridgehead atoms. The largest absolute Gasteiger partial charge is 0.374 e. The zero-order chi connectivity index (χ0) is 24.7. The molecule has 0 spiro atoms. The monoisotopic (exact) mass is 518 g/mol. The number of likely N-dealkylation sites (tertiary alicyclic amines) is 1. The zero-order valence-corrected chi connectivity index (χ0v) is 20.4. The summed E-state index contributed by atoms with van der Waals surface area (Å²) < 4.78 is 76.2. The van der Waals surface area contributed by atoms with Crippen molar-refractivity contribution >= 4 is 33.1 Å². The Labute approximate surface area is 201 Å². The number of hydrogen-bond donors (Lipinski definition) is 1. The fourth-order valence-corrected chi connectivity index (χ4v) is 6.16. The number of nitrogens with zero attached hydrogens (tertiary/aromatic N) is 3. The summed E-state index contributed by atoms with van der Waals surface area (Å²) in [6.07, 6.45) is 4.14. The van der Waals surface area contributed by atoms with Crippen molar-refractivity contribution in [2.45, 2.75) is 42.2 Å². The predicted molar refractivity (Wildman–Crippen MR) is 123 cm³/mol. The van der Waals surface area contributed by atoms with Crippen LogP contribution in [0, 0.1) is 17.6 Å². The Morgan fingerprint density at radius 3 is 2.65 bits per heavy atom. The third-order valence-corrected chi connectivity index (χ3v) is 8.33. The minimum Gasteiger partial charge on any atom is -0.374 e. The number of sulfonamides is 1. The van der Waals surface area contributed by atoms with Crippen LogP contribution in [-0.4, -0.2) is 63.7 Å². The smallest absolute Gasteiger partial charge is 0.268 e. The van der Waals surface area contributed by atoms with E-state index < -0.39 is 48.9 Å². The molecule has 0 radical (unpaired) electrons. The molecule has 1 N–H and O–H groups in total. The average Bonchev–Trinajstić information content (AvgIpc) is 2.74. The molecule has 7 nitrogen and oxygen atoms in total. The molecule has 2 aliphatic heterocycles. The summed E-state index contributed by atoms with van der Waals surface area (Å²) in [6, 6.07) is 4.62. The second kappa shape index (κ2) is 9.52. The van der Waals surface area contributed by atoms with Crippen LogP contribution in [0.1, 0.15) is 25.7 Å². The van der Waals surface area contributed by atoms with E-state index in [1.54, 1.807) is 12.0 Å². The number of anilines is 2. The van der Waals surface area contributed by atoms with Gasteiger partial charge in [-0.1, -0.05) is 24.1 Å². The molecular formula is C22H26ClF3N4O3S. The zero-order valence-electron chi connectivity index (χ0n) is 18.8. The van der Waals surface area contributed by atoms with Gasteiger partial charge in [-0.25, -0.2) is 22.2 Å². The highest BCUT2D eigenvalue weighted by molar-refractivity contribution is 7.92. The Morgan fingerprint density at radius 1 is 1.26 bits per heavy atom. The van der Waals surface area contributed by atoms with E-state index in [0.29, 0.717) is 19.1 Å². The second-order valence-electron chi connectivity index (χ2n) is 8.86. The van der Waals surface area contributed by atoms with Crippen molar-refractivity contribution in [3.05, 3.63) is 46.9 Å². The topological polar surface area (TPSA) is 74.8 Å². The van der Waals surface area contributed by atoms with Crippen molar-refractivity contribution in [3.8, 4) is 0 Å². The minimum absolute atomic E-state index is 0.0455. The SMILES string of the molecule is COC1(C[C@H]2CCCCN2C)CN(c2cc(F)c(S(=O)(=O)Nc3cccc(F)n3)c(F)c2Cl)C1. The summed E-state index contributed by atoms with van der Waals surface area (Å²) in [7, 11) is -1.06. The number of halogens is 4. The lowest BCUT2D eigenvalue weighted by molar-refractivity contribution is -0.0592. The quantitative estimate of drug-likeness (QED) is 0.440. The number of methoxy groups -OCH3 is 1. The first kappa shape index (κ1) is 25.0. The molecule has 2 aromatic rings. The molecule has 2 fully saturated rings. The number of aromatic nitrogens is 1. The number of ether oxygens (including phenoxy) is 1. The molecule has 0 unspecified atom stereocenters. The van der Waals surface area contributed by atoms with Crippen molar-refractivity contribution in [3.63, 3.8) is 0 Å². The molecule has 2 aliphatic rings. The van der Waals surface area contributed by atoms with Crippen LogP contribution in [0.2, 0.25) is 5.02 Å². The van der Waals surface area contributed by atoms with Crippen molar-refractivity contribution in [1.82, 2.24) is 9.88 Å². The van der Waals surface area contributed by atoms with Crippen molar-refractivity contribution in [2.75, 3.05) is 43.4 Å². The Kier molecular flexibility index (Phi) is 7.01. The molecule has 186 valence electrons.